The Kier molecular flexibility index (Phi) is 6.25. The summed E-state index contributed by atoms with van der Waals surface area (Å²) in [5.74, 6) is -0.140. The van der Waals surface area contributed by atoms with E-state index in [9.17, 15) is 26.4 Å². The summed E-state index contributed by atoms with van der Waals surface area (Å²) < 4.78 is 68.9. The van der Waals surface area contributed by atoms with Gasteiger partial charge in [0.1, 0.15) is 5.69 Å². The molecule has 12 heteroatoms. The van der Waals surface area contributed by atoms with Crippen molar-refractivity contribution in [2.75, 3.05) is 4.72 Å². The maximum absolute atomic E-state index is 12.9. The minimum atomic E-state index is -4.45. The van der Waals surface area contributed by atoms with Crippen molar-refractivity contribution < 1.29 is 21.6 Å². The zero-order valence-electron chi connectivity index (χ0n) is 18.1. The number of halogens is 3. The summed E-state index contributed by atoms with van der Waals surface area (Å²) in [5.41, 5.74) is 0.299. The van der Waals surface area contributed by atoms with Gasteiger partial charge < -0.3 is 0 Å². The van der Waals surface area contributed by atoms with Crippen LogP contribution in [0.1, 0.15) is 21.7 Å². The van der Waals surface area contributed by atoms with Gasteiger partial charge in [0.2, 0.25) is 0 Å². The number of hydrogen-bond donors (Lipinski definition) is 1. The number of imidazole rings is 1. The minimum Gasteiger partial charge on any atom is -0.261 e. The van der Waals surface area contributed by atoms with Crippen molar-refractivity contribution >= 4 is 38.9 Å². The first-order chi connectivity index (χ1) is 15.9. The van der Waals surface area contributed by atoms with E-state index in [0.717, 1.165) is 34.3 Å². The zero-order valence-corrected chi connectivity index (χ0v) is 20.5. The van der Waals surface area contributed by atoms with Crippen LogP contribution in [-0.4, -0.2) is 18.0 Å². The van der Waals surface area contributed by atoms with Crippen LogP contribution in [0.25, 0.3) is 5.69 Å². The molecule has 2 aromatic rings. The summed E-state index contributed by atoms with van der Waals surface area (Å²) >= 11 is 2.42. The highest BCUT2D eigenvalue weighted by Gasteiger charge is 2.30. The van der Waals surface area contributed by atoms with Crippen LogP contribution in [0.4, 0.5) is 19.0 Å². The highest BCUT2D eigenvalue weighted by Crippen LogP contribution is 2.42. The fourth-order valence-corrected chi connectivity index (χ4v) is 6.59. The Bertz CT molecular complexity index is 1490. The molecule has 2 aliphatic heterocycles. The molecule has 0 aliphatic carbocycles. The third-order valence-corrected chi connectivity index (χ3v) is 8.81. The molecule has 0 amide bonds. The fraction of sp³-hybridized carbons (Fsp3) is 0.182. The van der Waals surface area contributed by atoms with Crippen LogP contribution in [0.2, 0.25) is 0 Å². The first-order valence-corrected chi connectivity index (χ1v) is 13.0. The summed E-state index contributed by atoms with van der Waals surface area (Å²) in [6.45, 7) is 5.34. The number of sulfonamides is 1. The van der Waals surface area contributed by atoms with E-state index in [-0.39, 0.29) is 16.4 Å². The predicted molar refractivity (Wildman–Crippen MR) is 126 cm³/mol. The molecule has 6 nitrogen and oxygen atoms in total. The number of nitrogens with zero attached hydrogens (tertiary/aromatic N) is 2. The van der Waals surface area contributed by atoms with Gasteiger partial charge in [-0.2, -0.15) is 18.2 Å². The van der Waals surface area contributed by atoms with Crippen molar-refractivity contribution in [3.8, 4) is 5.69 Å². The van der Waals surface area contributed by atoms with E-state index in [2.05, 4.69) is 9.71 Å². The lowest BCUT2D eigenvalue weighted by Gasteiger charge is -2.16. The van der Waals surface area contributed by atoms with Crippen molar-refractivity contribution in [2.24, 2.45) is 0 Å². The first kappa shape index (κ1) is 24.3. The standard InChI is InChI=1S/C22H18F3N3O3S3/c1-12-4-10-17(11-5-12)34(30,31)27-19-18-20(32-14(3)13(2)28(18)21(29)26-19)33-16-8-6-15(7-9-16)22(23,24)25/h4-11H,1-3H3,(H,26,27,29). The number of aromatic nitrogens is 2. The molecule has 0 unspecified atom stereocenters. The summed E-state index contributed by atoms with van der Waals surface area (Å²) in [4.78, 5) is 17.9. The lowest BCUT2D eigenvalue weighted by atomic mass is 10.2. The van der Waals surface area contributed by atoms with Gasteiger partial charge in [0.25, 0.3) is 10.0 Å². The van der Waals surface area contributed by atoms with Gasteiger partial charge in [0.15, 0.2) is 5.82 Å². The quantitative estimate of drug-likeness (QED) is 0.365. The van der Waals surface area contributed by atoms with Gasteiger partial charge in [-0.3, -0.25) is 9.29 Å². The Balaban J connectivity index is 1.79. The van der Waals surface area contributed by atoms with E-state index in [0.29, 0.717) is 14.8 Å². The first-order valence-electron chi connectivity index (χ1n) is 9.84. The van der Waals surface area contributed by atoms with Crippen LogP contribution >= 0.6 is 23.1 Å². The third-order valence-electron chi connectivity index (χ3n) is 5.09. The van der Waals surface area contributed by atoms with E-state index in [1.54, 1.807) is 26.0 Å². The molecule has 0 saturated carbocycles. The van der Waals surface area contributed by atoms with E-state index < -0.39 is 27.5 Å². The summed E-state index contributed by atoms with van der Waals surface area (Å²) in [6.07, 6.45) is -4.45. The predicted octanol–water partition coefficient (Wildman–Crippen LogP) is 5.63. The lowest BCUT2D eigenvalue weighted by molar-refractivity contribution is -0.137. The molecule has 0 bridgehead atoms. The lowest BCUT2D eigenvalue weighted by Crippen LogP contribution is -2.17. The largest absolute Gasteiger partial charge is 0.416 e. The topological polar surface area (TPSA) is 81.1 Å². The maximum atomic E-state index is 12.9. The number of aryl methyl sites for hydroxylation is 2. The van der Waals surface area contributed by atoms with Gasteiger partial charge in [-0.25, -0.2) is 13.2 Å². The molecule has 2 heterocycles. The Morgan fingerprint density at radius 1 is 1.00 bits per heavy atom. The van der Waals surface area contributed by atoms with Crippen LogP contribution in [0.5, 0.6) is 0 Å². The number of anilines is 1. The molecule has 0 atom stereocenters. The fourth-order valence-electron chi connectivity index (χ4n) is 3.18. The number of alkyl halides is 3. The SMILES string of the molecule is Cc1ccc(S(=O)(=O)Nc2nc(=O)n3c(C)c(C)sc(Sc4ccc(C(F)(F)F)cc4)c2-3)cc1. The van der Waals surface area contributed by atoms with E-state index in [1.807, 2.05) is 6.92 Å². The highest BCUT2D eigenvalue weighted by molar-refractivity contribution is 8.01. The van der Waals surface area contributed by atoms with Crippen molar-refractivity contribution in [1.29, 1.82) is 0 Å². The molecule has 4 rings (SSSR count). The van der Waals surface area contributed by atoms with Gasteiger partial charge in [0, 0.05) is 15.5 Å². The van der Waals surface area contributed by atoms with Gasteiger partial charge in [-0.05, 0) is 57.2 Å². The van der Waals surface area contributed by atoms with Crippen molar-refractivity contribution in [3.63, 3.8) is 0 Å². The van der Waals surface area contributed by atoms with Crippen LogP contribution in [0, 0.1) is 20.8 Å². The number of hydrogen-bond acceptors (Lipinski definition) is 6. The normalized spacial score (nSPS) is 12.3. The molecule has 1 N–H and O–H groups in total. The number of nitrogens with one attached hydrogen (secondary N) is 1. The summed E-state index contributed by atoms with van der Waals surface area (Å²) in [5, 5.41) is 0. The molecule has 2 aliphatic rings. The molecule has 2 aromatic carbocycles. The molecule has 34 heavy (non-hydrogen) atoms. The molecular weight excluding hydrogens is 507 g/mol. The van der Waals surface area contributed by atoms with Gasteiger partial charge in [-0.1, -0.05) is 29.5 Å². The molecule has 0 radical (unpaired) electrons. The van der Waals surface area contributed by atoms with Crippen LogP contribution in [0.3, 0.4) is 0 Å². The van der Waals surface area contributed by atoms with Gasteiger partial charge in [-0.15, -0.1) is 11.3 Å². The third kappa shape index (κ3) is 4.70. The molecule has 0 fully saturated rings. The van der Waals surface area contributed by atoms with Crippen molar-refractivity contribution in [3.05, 3.63) is 80.7 Å². The number of benzene rings is 2. The van der Waals surface area contributed by atoms with Crippen molar-refractivity contribution in [2.45, 2.75) is 40.9 Å². The summed E-state index contributed by atoms with van der Waals surface area (Å²) in [6, 6.07) is 10.8. The van der Waals surface area contributed by atoms with Crippen LogP contribution < -0.4 is 10.4 Å². The molecule has 0 saturated heterocycles. The number of rotatable bonds is 5. The second-order valence-electron chi connectivity index (χ2n) is 7.50. The average Bonchev–Trinajstić information content (AvgIpc) is 3.07. The highest BCUT2D eigenvalue weighted by atomic mass is 32.2. The Morgan fingerprint density at radius 2 is 1.62 bits per heavy atom. The average molecular weight is 526 g/mol. The molecule has 0 aromatic heterocycles. The Hall–Kier alpha value is -2.83. The van der Waals surface area contributed by atoms with Gasteiger partial charge >= 0.3 is 11.9 Å². The van der Waals surface area contributed by atoms with Crippen molar-refractivity contribution in [1.82, 2.24) is 9.55 Å². The molecular formula is C22H18F3N3O3S3. The van der Waals surface area contributed by atoms with E-state index in [4.69, 9.17) is 0 Å². The number of fused-ring (bicyclic) bond motifs is 1. The zero-order chi connectivity index (χ0) is 24.8. The maximum Gasteiger partial charge on any atom is 0.416 e. The monoisotopic (exact) mass is 525 g/mol. The van der Waals surface area contributed by atoms with E-state index >= 15 is 0 Å². The van der Waals surface area contributed by atoms with Crippen LogP contribution in [-0.2, 0) is 16.2 Å². The minimum absolute atomic E-state index is 0.0103. The summed E-state index contributed by atoms with van der Waals surface area (Å²) in [7, 11) is -4.04. The molecule has 178 valence electrons. The Labute approximate surface area is 201 Å². The van der Waals surface area contributed by atoms with Crippen LogP contribution in [0.15, 0.2) is 67.3 Å². The smallest absolute Gasteiger partial charge is 0.261 e. The second kappa shape index (κ2) is 8.75. The molecule has 0 spiro atoms. The second-order valence-corrected chi connectivity index (χ2v) is 11.8. The van der Waals surface area contributed by atoms with E-state index in [1.165, 1.54) is 40.2 Å². The Morgan fingerprint density at radius 3 is 2.21 bits per heavy atom. The van der Waals surface area contributed by atoms with Gasteiger partial charge in [0.05, 0.1) is 14.7 Å².